The molecule has 0 aliphatic carbocycles. The number of nitrogens with one attached hydrogen (secondary N) is 1. The van der Waals surface area contributed by atoms with Gasteiger partial charge in [-0.25, -0.2) is 9.97 Å². The molecule has 1 N–H and O–H groups in total. The third-order valence-corrected chi connectivity index (χ3v) is 5.55. The van der Waals surface area contributed by atoms with Gasteiger partial charge in [0.05, 0.1) is 19.2 Å². The predicted molar refractivity (Wildman–Crippen MR) is 121 cm³/mol. The van der Waals surface area contributed by atoms with Crippen molar-refractivity contribution in [2.45, 2.75) is 25.7 Å². The second-order valence-corrected chi connectivity index (χ2v) is 7.67. The number of nitrogens with zero attached hydrogens (tertiary/aromatic N) is 3. The van der Waals surface area contributed by atoms with Gasteiger partial charge in [-0.1, -0.05) is 18.2 Å². The van der Waals surface area contributed by atoms with Gasteiger partial charge in [-0.2, -0.15) is 0 Å². The summed E-state index contributed by atoms with van der Waals surface area (Å²) >= 11 is 0. The number of rotatable bonds is 9. The van der Waals surface area contributed by atoms with E-state index in [9.17, 15) is 0 Å². The van der Waals surface area contributed by atoms with Gasteiger partial charge in [0.1, 0.15) is 11.6 Å². The topological polar surface area (TPSA) is 59.5 Å². The first-order valence-electron chi connectivity index (χ1n) is 10.7. The van der Waals surface area contributed by atoms with E-state index in [-0.39, 0.29) is 0 Å². The van der Waals surface area contributed by atoms with Crippen LogP contribution >= 0.6 is 0 Å². The van der Waals surface area contributed by atoms with Crippen LogP contribution in [0, 0.1) is 0 Å². The van der Waals surface area contributed by atoms with E-state index in [1.807, 2.05) is 49.5 Å². The monoisotopic (exact) mass is 406 g/mol. The van der Waals surface area contributed by atoms with Crippen LogP contribution in [0.15, 0.2) is 42.5 Å². The van der Waals surface area contributed by atoms with E-state index in [4.69, 9.17) is 19.4 Å². The van der Waals surface area contributed by atoms with Gasteiger partial charge >= 0.3 is 0 Å². The van der Waals surface area contributed by atoms with Crippen molar-refractivity contribution in [3.8, 4) is 11.5 Å². The van der Waals surface area contributed by atoms with Crippen LogP contribution in [0.3, 0.4) is 0 Å². The average molecular weight is 407 g/mol. The molecule has 0 unspecified atom stereocenters. The molecule has 0 amide bonds. The fourth-order valence-corrected chi connectivity index (χ4v) is 4.00. The zero-order valence-corrected chi connectivity index (χ0v) is 17.9. The molecule has 2 heterocycles. The Labute approximate surface area is 178 Å². The Morgan fingerprint density at radius 1 is 1.03 bits per heavy atom. The molecule has 30 heavy (non-hydrogen) atoms. The molecule has 158 valence electrons. The normalized spacial score (nSPS) is 14.2. The number of hydrogen-bond donors (Lipinski definition) is 1. The minimum atomic E-state index is 0.633. The van der Waals surface area contributed by atoms with Gasteiger partial charge in [-0.3, -0.25) is 0 Å². The lowest BCUT2D eigenvalue weighted by Gasteiger charge is -2.16. The van der Waals surface area contributed by atoms with Gasteiger partial charge < -0.3 is 19.7 Å². The molecule has 1 aromatic heterocycles. The summed E-state index contributed by atoms with van der Waals surface area (Å²) in [4.78, 5) is 12.0. The van der Waals surface area contributed by atoms with Crippen LogP contribution in [0.4, 0.5) is 5.82 Å². The minimum Gasteiger partial charge on any atom is -0.493 e. The highest BCUT2D eigenvalue weighted by molar-refractivity contribution is 5.88. The Balaban J connectivity index is 1.46. The number of likely N-dealkylation sites (tertiary alicyclic amines) is 1. The van der Waals surface area contributed by atoms with Gasteiger partial charge in [-0.05, 0) is 62.2 Å². The van der Waals surface area contributed by atoms with Crippen molar-refractivity contribution >= 4 is 16.7 Å². The molecule has 0 atom stereocenters. The highest BCUT2D eigenvalue weighted by Gasteiger charge is 2.12. The molecule has 1 aliphatic rings. The van der Waals surface area contributed by atoms with E-state index in [1.165, 1.54) is 25.9 Å². The van der Waals surface area contributed by atoms with Crippen LogP contribution in [0.5, 0.6) is 11.5 Å². The van der Waals surface area contributed by atoms with Crippen LogP contribution in [-0.2, 0) is 6.42 Å². The van der Waals surface area contributed by atoms with Crippen molar-refractivity contribution in [3.05, 3.63) is 53.9 Å². The lowest BCUT2D eigenvalue weighted by molar-refractivity contribution is 0.254. The van der Waals surface area contributed by atoms with E-state index in [1.54, 1.807) is 7.11 Å². The van der Waals surface area contributed by atoms with E-state index >= 15 is 0 Å². The molecule has 3 aromatic rings. The number of fused-ring (bicyclic) bond motifs is 1. The summed E-state index contributed by atoms with van der Waals surface area (Å²) < 4.78 is 11.6. The van der Waals surface area contributed by atoms with E-state index in [2.05, 4.69) is 10.2 Å². The molecule has 4 rings (SSSR count). The lowest BCUT2D eigenvalue weighted by Crippen LogP contribution is -2.21. The van der Waals surface area contributed by atoms with Gasteiger partial charge in [-0.15, -0.1) is 0 Å². The molecule has 2 aromatic carbocycles. The molecule has 6 nitrogen and oxygen atoms in total. The highest BCUT2D eigenvalue weighted by Crippen LogP contribution is 2.29. The molecule has 1 saturated heterocycles. The molecule has 6 heteroatoms. The van der Waals surface area contributed by atoms with Crippen molar-refractivity contribution in [1.29, 1.82) is 0 Å². The van der Waals surface area contributed by atoms with Gasteiger partial charge in [0.25, 0.3) is 0 Å². The van der Waals surface area contributed by atoms with E-state index in [0.29, 0.717) is 13.0 Å². The standard InChI is InChI=1S/C24H30N4O2/c1-25-24-19-8-3-4-9-20(19)26-23(27-24)17-18-10-11-21(29-2)22(16-18)30-15-7-14-28-12-5-6-13-28/h3-4,8-11,16H,5-7,12-15,17H2,1-2H3,(H,25,26,27). The summed E-state index contributed by atoms with van der Waals surface area (Å²) in [7, 11) is 3.57. The van der Waals surface area contributed by atoms with Crippen LogP contribution in [0.1, 0.15) is 30.7 Å². The number of benzene rings is 2. The third-order valence-electron chi connectivity index (χ3n) is 5.55. The summed E-state index contributed by atoms with van der Waals surface area (Å²) in [6, 6.07) is 14.1. The number of hydrogen-bond acceptors (Lipinski definition) is 6. The summed E-state index contributed by atoms with van der Waals surface area (Å²) in [5, 5.41) is 4.21. The zero-order chi connectivity index (χ0) is 20.8. The fraction of sp³-hybridized carbons (Fsp3) is 0.417. The van der Waals surface area contributed by atoms with E-state index in [0.717, 1.165) is 52.6 Å². The van der Waals surface area contributed by atoms with Crippen molar-refractivity contribution in [1.82, 2.24) is 14.9 Å². The van der Waals surface area contributed by atoms with Crippen LogP contribution in [0.25, 0.3) is 10.9 Å². The average Bonchev–Trinajstić information content (AvgIpc) is 3.30. The number of aromatic nitrogens is 2. The third kappa shape index (κ3) is 4.82. The molecular weight excluding hydrogens is 376 g/mol. The van der Waals surface area contributed by atoms with E-state index < -0.39 is 0 Å². The molecule has 0 spiro atoms. The predicted octanol–water partition coefficient (Wildman–Crippen LogP) is 4.14. The van der Waals surface area contributed by atoms with Crippen LogP contribution in [0.2, 0.25) is 0 Å². The lowest BCUT2D eigenvalue weighted by atomic mass is 10.1. The second kappa shape index (κ2) is 9.76. The fourth-order valence-electron chi connectivity index (χ4n) is 4.00. The Hall–Kier alpha value is -2.86. The van der Waals surface area contributed by atoms with Gasteiger partial charge in [0.15, 0.2) is 11.5 Å². The number of anilines is 1. The van der Waals surface area contributed by atoms with Crippen molar-refractivity contribution in [2.24, 2.45) is 0 Å². The summed E-state index contributed by atoms with van der Waals surface area (Å²) in [5.41, 5.74) is 2.04. The summed E-state index contributed by atoms with van der Waals surface area (Å²) in [5.74, 6) is 3.17. The van der Waals surface area contributed by atoms with Crippen molar-refractivity contribution < 1.29 is 9.47 Å². The Morgan fingerprint density at radius 2 is 1.87 bits per heavy atom. The molecule has 0 radical (unpaired) electrons. The number of para-hydroxylation sites is 1. The molecule has 0 saturated carbocycles. The zero-order valence-electron chi connectivity index (χ0n) is 17.9. The first-order valence-corrected chi connectivity index (χ1v) is 10.7. The van der Waals surface area contributed by atoms with Crippen molar-refractivity contribution in [2.75, 3.05) is 45.7 Å². The quantitative estimate of drug-likeness (QED) is 0.539. The largest absolute Gasteiger partial charge is 0.493 e. The number of ether oxygens (including phenoxy) is 2. The maximum absolute atomic E-state index is 6.08. The first kappa shape index (κ1) is 20.4. The molecule has 0 bridgehead atoms. The molecule has 1 aliphatic heterocycles. The van der Waals surface area contributed by atoms with Gasteiger partial charge in [0.2, 0.25) is 0 Å². The maximum atomic E-state index is 6.08. The first-order chi connectivity index (χ1) is 14.8. The summed E-state index contributed by atoms with van der Waals surface area (Å²) in [6.45, 7) is 4.23. The molecule has 1 fully saturated rings. The Kier molecular flexibility index (Phi) is 6.64. The smallest absolute Gasteiger partial charge is 0.161 e. The van der Waals surface area contributed by atoms with Crippen LogP contribution < -0.4 is 14.8 Å². The number of methoxy groups -OCH3 is 1. The Bertz CT molecular complexity index is 986. The second-order valence-electron chi connectivity index (χ2n) is 7.67. The van der Waals surface area contributed by atoms with Crippen LogP contribution in [-0.4, -0.2) is 55.3 Å². The SMILES string of the molecule is CNc1nc(Cc2ccc(OC)c(OCCCN3CCCC3)c2)nc2ccccc12. The molecular formula is C24H30N4O2. The highest BCUT2D eigenvalue weighted by atomic mass is 16.5. The maximum Gasteiger partial charge on any atom is 0.161 e. The Morgan fingerprint density at radius 3 is 2.67 bits per heavy atom. The van der Waals surface area contributed by atoms with Crippen molar-refractivity contribution in [3.63, 3.8) is 0 Å². The van der Waals surface area contributed by atoms with Gasteiger partial charge in [0, 0.05) is 25.4 Å². The minimum absolute atomic E-state index is 0.633. The summed E-state index contributed by atoms with van der Waals surface area (Å²) in [6.07, 6.45) is 4.30.